The largest absolute Gasteiger partial charge is 0.373 e. The van der Waals surface area contributed by atoms with Crippen molar-refractivity contribution < 1.29 is 17.9 Å². The van der Waals surface area contributed by atoms with Gasteiger partial charge in [-0.25, -0.2) is 8.42 Å². The number of fused-ring (bicyclic) bond motifs is 1. The van der Waals surface area contributed by atoms with Crippen LogP contribution >= 0.6 is 0 Å². The van der Waals surface area contributed by atoms with Gasteiger partial charge >= 0.3 is 0 Å². The number of ether oxygens (including phenoxy) is 1. The van der Waals surface area contributed by atoms with Crippen molar-refractivity contribution in [2.24, 2.45) is 0 Å². The Morgan fingerprint density at radius 2 is 1.87 bits per heavy atom. The molecular weight excluding hydrogens is 402 g/mol. The number of nitrogens with zero attached hydrogens (tertiary/aromatic N) is 3. The van der Waals surface area contributed by atoms with E-state index in [0.717, 1.165) is 44.6 Å². The standard InChI is InChI=1S/C22H33N3O4S/c1-15-10-19-11-18(7-8-21(19)25(15)30(4,27)28)22(26)24-9-5-6-20(24)14-23-12-16(2)29-17(3)13-23/h7-8,11,15-17,20H,5-6,9-10,12-14H2,1-4H3/t15-,16-,17+,20-/m0/s1. The van der Waals surface area contributed by atoms with E-state index in [1.54, 1.807) is 12.1 Å². The number of anilines is 1. The molecule has 1 amide bonds. The number of rotatable bonds is 4. The normalized spacial score (nSPS) is 30.0. The van der Waals surface area contributed by atoms with E-state index in [9.17, 15) is 13.2 Å². The van der Waals surface area contributed by atoms with Crippen LogP contribution in [-0.2, 0) is 21.2 Å². The number of carbonyl (C=O) groups is 1. The van der Waals surface area contributed by atoms with E-state index in [0.29, 0.717) is 17.7 Å². The Balaban J connectivity index is 1.50. The summed E-state index contributed by atoms with van der Waals surface area (Å²) in [6.45, 7) is 9.58. The van der Waals surface area contributed by atoms with Crippen molar-refractivity contribution in [3.8, 4) is 0 Å². The molecule has 8 heteroatoms. The molecule has 0 bridgehead atoms. The second-order valence-electron chi connectivity index (χ2n) is 9.23. The van der Waals surface area contributed by atoms with Crippen LogP contribution in [0.5, 0.6) is 0 Å². The smallest absolute Gasteiger partial charge is 0.254 e. The Morgan fingerprint density at radius 3 is 2.53 bits per heavy atom. The third kappa shape index (κ3) is 4.22. The van der Waals surface area contributed by atoms with E-state index in [1.807, 2.05) is 17.9 Å². The van der Waals surface area contributed by atoms with Crippen molar-refractivity contribution in [2.75, 3.05) is 36.7 Å². The number of sulfonamides is 1. The van der Waals surface area contributed by atoms with E-state index in [-0.39, 0.29) is 30.2 Å². The van der Waals surface area contributed by atoms with Gasteiger partial charge in [-0.3, -0.25) is 14.0 Å². The molecule has 0 unspecified atom stereocenters. The summed E-state index contributed by atoms with van der Waals surface area (Å²) >= 11 is 0. The summed E-state index contributed by atoms with van der Waals surface area (Å²) in [6.07, 6.45) is 4.36. The minimum atomic E-state index is -3.33. The van der Waals surface area contributed by atoms with Gasteiger partial charge in [0, 0.05) is 43.8 Å². The van der Waals surface area contributed by atoms with Crippen LogP contribution in [-0.4, -0.2) is 80.9 Å². The fourth-order valence-corrected chi connectivity index (χ4v) is 6.70. The molecule has 0 aliphatic carbocycles. The van der Waals surface area contributed by atoms with E-state index < -0.39 is 10.0 Å². The number of amides is 1. The second-order valence-corrected chi connectivity index (χ2v) is 11.1. The van der Waals surface area contributed by atoms with Crippen molar-refractivity contribution >= 4 is 21.6 Å². The number of benzene rings is 1. The zero-order valence-corrected chi connectivity index (χ0v) is 19.2. The molecule has 7 nitrogen and oxygen atoms in total. The number of hydrogen-bond acceptors (Lipinski definition) is 5. The SMILES string of the molecule is C[C@@H]1CN(C[C@@H]2CCCN2C(=O)c2ccc3c(c2)C[C@H](C)N3S(C)(=O)=O)C[C@H](C)O1. The lowest BCUT2D eigenvalue weighted by atomic mass is 10.1. The minimum Gasteiger partial charge on any atom is -0.373 e. The first-order chi connectivity index (χ1) is 14.1. The summed E-state index contributed by atoms with van der Waals surface area (Å²) in [7, 11) is -3.33. The molecule has 2 saturated heterocycles. The zero-order chi connectivity index (χ0) is 21.6. The highest BCUT2D eigenvalue weighted by atomic mass is 32.2. The summed E-state index contributed by atoms with van der Waals surface area (Å²) < 4.78 is 31.6. The first kappa shape index (κ1) is 21.6. The van der Waals surface area contributed by atoms with Crippen LogP contribution < -0.4 is 4.31 Å². The van der Waals surface area contributed by atoms with E-state index in [4.69, 9.17) is 4.74 Å². The Morgan fingerprint density at radius 1 is 1.17 bits per heavy atom. The fraction of sp³-hybridized carbons (Fsp3) is 0.682. The summed E-state index contributed by atoms with van der Waals surface area (Å²) in [5.74, 6) is 0.0557. The molecule has 3 aliphatic heterocycles. The molecule has 3 aliphatic rings. The lowest BCUT2D eigenvalue weighted by molar-refractivity contribution is -0.0715. The van der Waals surface area contributed by atoms with Gasteiger partial charge < -0.3 is 9.64 Å². The molecule has 4 atom stereocenters. The molecular formula is C22H33N3O4S. The maximum Gasteiger partial charge on any atom is 0.254 e. The third-order valence-electron chi connectivity index (χ3n) is 6.44. The number of carbonyl (C=O) groups excluding carboxylic acids is 1. The van der Waals surface area contributed by atoms with Gasteiger partial charge in [-0.15, -0.1) is 0 Å². The van der Waals surface area contributed by atoms with Gasteiger partial charge in [-0.2, -0.15) is 0 Å². The molecule has 1 aromatic rings. The molecule has 166 valence electrons. The molecule has 1 aromatic carbocycles. The van der Waals surface area contributed by atoms with Gasteiger partial charge in [0.2, 0.25) is 10.0 Å². The molecule has 0 saturated carbocycles. The summed E-state index contributed by atoms with van der Waals surface area (Å²) in [6, 6.07) is 5.57. The quantitative estimate of drug-likeness (QED) is 0.725. The Hall–Kier alpha value is -1.64. The van der Waals surface area contributed by atoms with Crippen LogP contribution in [0.4, 0.5) is 5.69 Å². The molecule has 4 rings (SSSR count). The molecule has 2 fully saturated rings. The highest BCUT2D eigenvalue weighted by Gasteiger charge is 2.35. The zero-order valence-electron chi connectivity index (χ0n) is 18.4. The van der Waals surface area contributed by atoms with Crippen molar-refractivity contribution in [1.29, 1.82) is 0 Å². The average molecular weight is 436 g/mol. The third-order valence-corrected chi connectivity index (χ3v) is 7.71. The molecule has 0 N–H and O–H groups in total. The summed E-state index contributed by atoms with van der Waals surface area (Å²) in [5.41, 5.74) is 2.30. The van der Waals surface area contributed by atoms with Crippen LogP contribution in [0, 0.1) is 0 Å². The minimum absolute atomic E-state index is 0.0557. The first-order valence-electron chi connectivity index (χ1n) is 10.9. The number of likely N-dealkylation sites (tertiary alicyclic amines) is 1. The average Bonchev–Trinajstić information content (AvgIpc) is 3.22. The highest BCUT2D eigenvalue weighted by molar-refractivity contribution is 7.92. The topological polar surface area (TPSA) is 70.2 Å². The highest BCUT2D eigenvalue weighted by Crippen LogP contribution is 2.35. The Bertz CT molecular complexity index is 909. The van der Waals surface area contributed by atoms with Crippen molar-refractivity contribution in [1.82, 2.24) is 9.80 Å². The fourth-order valence-electron chi connectivity index (χ4n) is 5.43. The van der Waals surface area contributed by atoms with Crippen LogP contribution in [0.2, 0.25) is 0 Å². The van der Waals surface area contributed by atoms with Crippen LogP contribution in [0.3, 0.4) is 0 Å². The molecule has 0 spiro atoms. The van der Waals surface area contributed by atoms with Gasteiger partial charge in [0.25, 0.3) is 5.91 Å². The Labute approximate surface area is 180 Å². The van der Waals surface area contributed by atoms with E-state index in [1.165, 1.54) is 10.6 Å². The molecule has 0 aromatic heterocycles. The predicted octanol–water partition coefficient (Wildman–Crippen LogP) is 2.11. The van der Waals surface area contributed by atoms with E-state index in [2.05, 4.69) is 18.7 Å². The molecule has 0 radical (unpaired) electrons. The number of morpholine rings is 1. The van der Waals surface area contributed by atoms with Crippen LogP contribution in [0.1, 0.15) is 49.5 Å². The number of hydrogen-bond donors (Lipinski definition) is 0. The molecule has 3 heterocycles. The van der Waals surface area contributed by atoms with Gasteiger partial charge in [-0.1, -0.05) is 0 Å². The van der Waals surface area contributed by atoms with Crippen molar-refractivity contribution in [3.05, 3.63) is 29.3 Å². The van der Waals surface area contributed by atoms with Crippen LogP contribution in [0.25, 0.3) is 0 Å². The van der Waals surface area contributed by atoms with Crippen molar-refractivity contribution in [2.45, 2.75) is 64.3 Å². The second kappa shape index (κ2) is 8.13. The lowest BCUT2D eigenvalue weighted by Crippen LogP contribution is -2.50. The maximum absolute atomic E-state index is 13.3. The van der Waals surface area contributed by atoms with E-state index >= 15 is 0 Å². The summed E-state index contributed by atoms with van der Waals surface area (Å²) in [4.78, 5) is 17.8. The predicted molar refractivity (Wildman–Crippen MR) is 117 cm³/mol. The monoisotopic (exact) mass is 435 g/mol. The maximum atomic E-state index is 13.3. The van der Waals surface area contributed by atoms with Gasteiger partial charge in [-0.05, 0) is 63.8 Å². The van der Waals surface area contributed by atoms with Gasteiger partial charge in [0.05, 0.1) is 24.2 Å². The van der Waals surface area contributed by atoms with Crippen molar-refractivity contribution in [3.63, 3.8) is 0 Å². The van der Waals surface area contributed by atoms with Gasteiger partial charge in [0.1, 0.15) is 0 Å². The Kier molecular flexibility index (Phi) is 5.85. The van der Waals surface area contributed by atoms with Gasteiger partial charge in [0.15, 0.2) is 0 Å². The summed E-state index contributed by atoms with van der Waals surface area (Å²) in [5, 5.41) is 0. The first-order valence-corrected chi connectivity index (χ1v) is 12.8. The molecule has 30 heavy (non-hydrogen) atoms. The van der Waals surface area contributed by atoms with Crippen LogP contribution in [0.15, 0.2) is 18.2 Å². The lowest BCUT2D eigenvalue weighted by Gasteiger charge is -2.38.